The first-order valence-corrected chi connectivity index (χ1v) is 12.9. The maximum atomic E-state index is 11.6. The molecule has 1 heterocycles. The topological polar surface area (TPSA) is 50.2 Å². The van der Waals surface area contributed by atoms with Gasteiger partial charge in [-0.25, -0.2) is 9.78 Å². The molecule has 0 bridgehead atoms. The molecular weight excluding hydrogens is 394 g/mol. The summed E-state index contributed by atoms with van der Waals surface area (Å²) in [5, 5.41) is 9.50. The second-order valence-electron chi connectivity index (χ2n) is 9.34. The van der Waals surface area contributed by atoms with Crippen LogP contribution in [0.1, 0.15) is 113 Å². The number of benzene rings is 1. The minimum Gasteiger partial charge on any atom is -0.477 e. The molecule has 0 aliphatic carbocycles. The molecule has 1 N–H and O–H groups in total. The second kappa shape index (κ2) is 14.8. The molecule has 0 saturated heterocycles. The van der Waals surface area contributed by atoms with Crippen molar-refractivity contribution >= 4 is 5.97 Å². The number of pyridine rings is 1. The largest absolute Gasteiger partial charge is 0.477 e. The molecule has 1 aromatic heterocycles. The number of aromatic nitrogens is 1. The molecule has 0 fully saturated rings. The van der Waals surface area contributed by atoms with Crippen LogP contribution in [0.3, 0.4) is 0 Å². The lowest BCUT2D eigenvalue weighted by Crippen LogP contribution is -2.05. The van der Waals surface area contributed by atoms with Crippen LogP contribution < -0.4 is 0 Å². The summed E-state index contributed by atoms with van der Waals surface area (Å²) in [4.78, 5) is 15.8. The van der Waals surface area contributed by atoms with Gasteiger partial charge in [-0.1, -0.05) is 109 Å². The molecule has 0 aliphatic heterocycles. The van der Waals surface area contributed by atoms with E-state index < -0.39 is 5.97 Å². The molecule has 2 aromatic rings. The van der Waals surface area contributed by atoms with Crippen LogP contribution in [0.2, 0.25) is 0 Å². The van der Waals surface area contributed by atoms with Crippen molar-refractivity contribution in [2.75, 3.05) is 0 Å². The molecule has 0 radical (unpaired) electrons. The first-order chi connectivity index (χ1) is 15.6. The Bertz CT molecular complexity index is 815. The van der Waals surface area contributed by atoms with Gasteiger partial charge in [0.05, 0.1) is 0 Å². The van der Waals surface area contributed by atoms with Crippen molar-refractivity contribution < 1.29 is 9.90 Å². The molecule has 0 saturated carbocycles. The number of aryl methyl sites for hydroxylation is 1. The molecule has 1 atom stereocenters. The predicted molar refractivity (Wildman–Crippen MR) is 135 cm³/mol. The summed E-state index contributed by atoms with van der Waals surface area (Å²) in [7, 11) is 0. The highest BCUT2D eigenvalue weighted by molar-refractivity contribution is 5.88. The molecule has 3 nitrogen and oxygen atoms in total. The van der Waals surface area contributed by atoms with E-state index in [2.05, 4.69) is 50.0 Å². The van der Waals surface area contributed by atoms with Crippen LogP contribution in [0.25, 0.3) is 11.1 Å². The molecule has 0 aliphatic rings. The van der Waals surface area contributed by atoms with E-state index in [0.29, 0.717) is 5.92 Å². The fourth-order valence-electron chi connectivity index (χ4n) is 4.33. The highest BCUT2D eigenvalue weighted by Gasteiger charge is 2.15. The normalized spacial score (nSPS) is 12.1. The van der Waals surface area contributed by atoms with E-state index in [1.165, 1.54) is 74.5 Å². The second-order valence-corrected chi connectivity index (χ2v) is 9.34. The van der Waals surface area contributed by atoms with Crippen LogP contribution in [0, 0.1) is 5.92 Å². The Kier molecular flexibility index (Phi) is 12.1. The maximum absolute atomic E-state index is 11.6. The number of carbonyl (C=O) groups is 1. The average Bonchev–Trinajstić information content (AvgIpc) is 2.80. The van der Waals surface area contributed by atoms with Crippen molar-refractivity contribution in [3.8, 4) is 11.1 Å². The van der Waals surface area contributed by atoms with Gasteiger partial charge in [-0.2, -0.15) is 0 Å². The zero-order valence-corrected chi connectivity index (χ0v) is 20.5. The van der Waals surface area contributed by atoms with Gasteiger partial charge in [-0.3, -0.25) is 0 Å². The van der Waals surface area contributed by atoms with E-state index in [0.717, 1.165) is 31.2 Å². The molecule has 0 spiro atoms. The van der Waals surface area contributed by atoms with Crippen molar-refractivity contribution in [3.63, 3.8) is 0 Å². The van der Waals surface area contributed by atoms with E-state index in [1.54, 1.807) is 12.3 Å². The molecule has 1 aromatic carbocycles. The van der Waals surface area contributed by atoms with Crippen LogP contribution in [0.5, 0.6) is 0 Å². The summed E-state index contributed by atoms with van der Waals surface area (Å²) in [5.41, 5.74) is 4.82. The highest BCUT2D eigenvalue weighted by atomic mass is 16.4. The fourth-order valence-corrected chi connectivity index (χ4v) is 4.33. The van der Waals surface area contributed by atoms with Gasteiger partial charge in [-0.15, -0.1) is 0 Å². The molecule has 2 rings (SSSR count). The van der Waals surface area contributed by atoms with Gasteiger partial charge in [0.15, 0.2) is 0 Å². The predicted octanol–water partition coefficient (Wildman–Crippen LogP) is 8.50. The van der Waals surface area contributed by atoms with Crippen LogP contribution in [0.15, 0.2) is 36.5 Å². The zero-order valence-electron chi connectivity index (χ0n) is 20.5. The molecule has 3 heteroatoms. The summed E-state index contributed by atoms with van der Waals surface area (Å²) in [6.45, 7) is 6.76. The van der Waals surface area contributed by atoms with E-state index in [-0.39, 0.29) is 5.69 Å². The standard InChI is InChI=1S/C29H43NO2/c1-4-6-7-8-9-10-11-12-13-14-18-25-22-30-28(29(31)32)21-27(25)26-19-16-15-17-24(26)20-23(3)5-2/h15-17,19,21-23H,4-14,18,20H2,1-3H3,(H,31,32)/t23-/m0/s1. The Labute approximate surface area is 195 Å². The molecule has 32 heavy (non-hydrogen) atoms. The number of carboxylic acids is 1. The number of hydrogen-bond donors (Lipinski definition) is 1. The Hall–Kier alpha value is -2.16. The third-order valence-electron chi connectivity index (χ3n) is 6.58. The minimum atomic E-state index is -0.962. The van der Waals surface area contributed by atoms with E-state index in [4.69, 9.17) is 0 Å². The lowest BCUT2D eigenvalue weighted by atomic mass is 9.89. The zero-order chi connectivity index (χ0) is 23.2. The van der Waals surface area contributed by atoms with Crippen molar-refractivity contribution in [1.29, 1.82) is 0 Å². The van der Waals surface area contributed by atoms with Crippen LogP contribution >= 0.6 is 0 Å². The molecule has 0 amide bonds. The maximum Gasteiger partial charge on any atom is 0.354 e. The average molecular weight is 438 g/mol. The summed E-state index contributed by atoms with van der Waals surface area (Å²) >= 11 is 0. The SMILES string of the molecule is CCCCCCCCCCCCc1cnc(C(=O)O)cc1-c1ccccc1C[C@@H](C)CC. The van der Waals surface area contributed by atoms with Gasteiger partial charge in [0.2, 0.25) is 0 Å². The van der Waals surface area contributed by atoms with Crippen molar-refractivity contribution in [2.24, 2.45) is 5.92 Å². The first-order valence-electron chi connectivity index (χ1n) is 12.9. The van der Waals surface area contributed by atoms with Gasteiger partial charge in [0.1, 0.15) is 5.69 Å². The van der Waals surface area contributed by atoms with E-state index >= 15 is 0 Å². The Morgan fingerprint density at radius 3 is 2.12 bits per heavy atom. The Morgan fingerprint density at radius 2 is 1.50 bits per heavy atom. The van der Waals surface area contributed by atoms with Crippen molar-refractivity contribution in [1.82, 2.24) is 4.98 Å². The lowest BCUT2D eigenvalue weighted by Gasteiger charge is -2.17. The molecule has 176 valence electrons. The molecule has 0 unspecified atom stereocenters. The third kappa shape index (κ3) is 8.76. The van der Waals surface area contributed by atoms with E-state index in [1.807, 2.05) is 0 Å². The number of unbranched alkanes of at least 4 members (excludes halogenated alkanes) is 9. The smallest absolute Gasteiger partial charge is 0.354 e. The Balaban J connectivity index is 2.01. The Morgan fingerprint density at radius 1 is 0.875 bits per heavy atom. The van der Waals surface area contributed by atoms with Gasteiger partial charge in [0.25, 0.3) is 0 Å². The fraction of sp³-hybridized carbons (Fsp3) is 0.586. The van der Waals surface area contributed by atoms with Crippen molar-refractivity contribution in [2.45, 2.75) is 104 Å². The minimum absolute atomic E-state index is 0.130. The molecular formula is C29H43NO2. The van der Waals surface area contributed by atoms with E-state index in [9.17, 15) is 9.90 Å². The summed E-state index contributed by atoms with van der Waals surface area (Å²) in [6, 6.07) is 10.2. The number of rotatable bonds is 16. The number of aromatic carboxylic acids is 1. The summed E-state index contributed by atoms with van der Waals surface area (Å²) in [6.07, 6.45) is 18.0. The van der Waals surface area contributed by atoms with Gasteiger partial charge in [-0.05, 0) is 53.5 Å². The van der Waals surface area contributed by atoms with Crippen LogP contribution in [-0.2, 0) is 12.8 Å². The highest BCUT2D eigenvalue weighted by Crippen LogP contribution is 2.30. The van der Waals surface area contributed by atoms with Crippen LogP contribution in [-0.4, -0.2) is 16.1 Å². The lowest BCUT2D eigenvalue weighted by molar-refractivity contribution is 0.0690. The van der Waals surface area contributed by atoms with Gasteiger partial charge in [0, 0.05) is 6.20 Å². The van der Waals surface area contributed by atoms with Crippen LogP contribution in [0.4, 0.5) is 0 Å². The number of nitrogens with zero attached hydrogens (tertiary/aromatic N) is 1. The number of carboxylic acid groups (broad SMARTS) is 1. The number of hydrogen-bond acceptors (Lipinski definition) is 2. The summed E-state index contributed by atoms with van der Waals surface area (Å²) < 4.78 is 0. The van der Waals surface area contributed by atoms with Gasteiger partial charge >= 0.3 is 5.97 Å². The first kappa shape index (κ1) is 26.1. The monoisotopic (exact) mass is 437 g/mol. The summed E-state index contributed by atoms with van der Waals surface area (Å²) in [5.74, 6) is -0.363. The van der Waals surface area contributed by atoms with Gasteiger partial charge < -0.3 is 5.11 Å². The van der Waals surface area contributed by atoms with Crippen molar-refractivity contribution in [3.05, 3.63) is 53.3 Å². The third-order valence-corrected chi connectivity index (χ3v) is 6.58. The quantitative estimate of drug-likeness (QED) is 0.268.